The highest BCUT2D eigenvalue weighted by atomic mass is 35.5. The maximum absolute atomic E-state index is 15.4. The van der Waals surface area contributed by atoms with E-state index in [0.29, 0.717) is 17.4 Å². The molecule has 0 bridgehead atoms. The zero-order valence-corrected chi connectivity index (χ0v) is 25.0. The molecule has 236 valence electrons. The van der Waals surface area contributed by atoms with Crippen molar-refractivity contribution in [1.82, 2.24) is 24.8 Å². The van der Waals surface area contributed by atoms with Crippen LogP contribution in [0, 0.1) is 5.82 Å². The fraction of sp³-hybridized carbons (Fsp3) is 0.500. The molecule has 43 heavy (non-hydrogen) atoms. The summed E-state index contributed by atoms with van der Waals surface area (Å²) >= 11 is 6.89. The van der Waals surface area contributed by atoms with Crippen molar-refractivity contribution in [3.8, 4) is 21.3 Å². The Morgan fingerprint density at radius 1 is 1.23 bits per heavy atom. The SMILES string of the molecule is CCC(NS(=O)(=O)c1ccc(-c2sc(-c3nnc(C(C)(C)O)o3)nc2C(=O)N2CCC(F)(F)CC2)c(Cl)c1F)C(F)(F)F. The van der Waals surface area contributed by atoms with Crippen LogP contribution >= 0.6 is 22.9 Å². The first-order chi connectivity index (χ1) is 19.7. The number of aromatic nitrogens is 3. The lowest BCUT2D eigenvalue weighted by molar-refractivity contribution is -0.151. The van der Waals surface area contributed by atoms with Crippen molar-refractivity contribution >= 4 is 38.9 Å². The van der Waals surface area contributed by atoms with Gasteiger partial charge in [-0.05, 0) is 26.3 Å². The third kappa shape index (κ3) is 6.97. The molecule has 1 atom stereocenters. The van der Waals surface area contributed by atoms with Crippen molar-refractivity contribution in [1.29, 1.82) is 0 Å². The summed E-state index contributed by atoms with van der Waals surface area (Å²) in [7, 11) is -5.06. The molecule has 2 N–H and O–H groups in total. The second-order valence-corrected chi connectivity index (χ2v) is 13.2. The summed E-state index contributed by atoms with van der Waals surface area (Å²) in [6.07, 6.45) is -6.85. The minimum atomic E-state index is -5.06. The highest BCUT2D eigenvalue weighted by Gasteiger charge is 2.42. The van der Waals surface area contributed by atoms with Gasteiger partial charge < -0.3 is 14.4 Å². The molecule has 4 rings (SSSR count). The number of hydrogen-bond acceptors (Lipinski definition) is 9. The van der Waals surface area contributed by atoms with Gasteiger partial charge in [-0.1, -0.05) is 24.6 Å². The van der Waals surface area contributed by atoms with E-state index in [4.69, 9.17) is 16.0 Å². The van der Waals surface area contributed by atoms with Crippen LogP contribution in [-0.2, 0) is 15.6 Å². The van der Waals surface area contributed by atoms with E-state index in [-0.39, 0.29) is 46.0 Å². The van der Waals surface area contributed by atoms with Crippen LogP contribution in [0.15, 0.2) is 21.4 Å². The topological polar surface area (TPSA) is 139 Å². The molecule has 0 aliphatic carbocycles. The van der Waals surface area contributed by atoms with Crippen LogP contribution < -0.4 is 4.72 Å². The molecule has 1 amide bonds. The van der Waals surface area contributed by atoms with Gasteiger partial charge in [-0.25, -0.2) is 26.6 Å². The number of aliphatic hydroxyl groups is 1. The molecule has 0 spiro atoms. The standard InChI is InChI=1S/C24H24ClF6N5O5S2/c1-4-13(24(29,30)31)35-43(39,40)12-6-5-11(14(25)15(12)26)17-16(20(37)36-9-7-23(27,28)8-10-36)32-19(42-17)18-33-34-21(41-18)22(2,3)38/h5-6,13,35,38H,4,7-10H2,1-3H3. The van der Waals surface area contributed by atoms with Crippen LogP contribution in [0.2, 0.25) is 5.02 Å². The Morgan fingerprint density at radius 3 is 2.40 bits per heavy atom. The second kappa shape index (κ2) is 11.6. The number of hydrogen-bond donors (Lipinski definition) is 2. The number of amides is 1. The smallest absolute Gasteiger partial charge is 0.404 e. The molecule has 10 nitrogen and oxygen atoms in total. The van der Waals surface area contributed by atoms with Gasteiger partial charge in [-0.2, -0.15) is 17.9 Å². The molecule has 1 unspecified atom stereocenters. The number of nitrogens with one attached hydrogen (secondary N) is 1. The number of carbonyl (C=O) groups excluding carboxylic acids is 1. The maximum Gasteiger partial charge on any atom is 0.404 e. The number of nitrogens with zero attached hydrogens (tertiary/aromatic N) is 4. The Hall–Kier alpha value is -2.80. The monoisotopic (exact) mass is 675 g/mol. The highest BCUT2D eigenvalue weighted by molar-refractivity contribution is 7.89. The van der Waals surface area contributed by atoms with Gasteiger partial charge in [0, 0.05) is 31.5 Å². The predicted octanol–water partition coefficient (Wildman–Crippen LogP) is 5.37. The van der Waals surface area contributed by atoms with Crippen LogP contribution in [0.4, 0.5) is 26.3 Å². The average molecular weight is 676 g/mol. The normalized spacial score (nSPS) is 16.9. The van der Waals surface area contributed by atoms with Crippen molar-refractivity contribution < 1.29 is 49.1 Å². The van der Waals surface area contributed by atoms with Crippen molar-refractivity contribution in [2.24, 2.45) is 0 Å². The first-order valence-electron chi connectivity index (χ1n) is 12.6. The Labute approximate surface area is 250 Å². The molecule has 0 saturated carbocycles. The molecular weight excluding hydrogens is 652 g/mol. The number of rotatable bonds is 8. The maximum atomic E-state index is 15.4. The number of carbonyl (C=O) groups is 1. The summed E-state index contributed by atoms with van der Waals surface area (Å²) in [5, 5.41) is 16.7. The van der Waals surface area contributed by atoms with E-state index in [2.05, 4.69) is 15.2 Å². The summed E-state index contributed by atoms with van der Waals surface area (Å²) < 4.78 is 115. The Morgan fingerprint density at radius 2 is 1.86 bits per heavy atom. The van der Waals surface area contributed by atoms with E-state index in [9.17, 15) is 40.3 Å². The molecule has 19 heteroatoms. The van der Waals surface area contributed by atoms with Gasteiger partial charge in [0.1, 0.15) is 22.2 Å². The van der Waals surface area contributed by atoms with Crippen molar-refractivity contribution in [3.05, 3.63) is 34.6 Å². The lowest BCUT2D eigenvalue weighted by atomic mass is 10.1. The summed E-state index contributed by atoms with van der Waals surface area (Å²) in [5.41, 5.74) is -2.20. The van der Waals surface area contributed by atoms with E-state index in [1.807, 2.05) is 0 Å². The quantitative estimate of drug-likeness (QED) is 0.304. The minimum Gasteiger partial charge on any atom is -0.415 e. The van der Waals surface area contributed by atoms with Gasteiger partial charge in [-0.15, -0.1) is 21.5 Å². The number of sulfonamides is 1. The summed E-state index contributed by atoms with van der Waals surface area (Å²) in [6, 6.07) is -0.845. The number of thiazole rings is 1. The molecule has 0 radical (unpaired) electrons. The largest absolute Gasteiger partial charge is 0.415 e. The van der Waals surface area contributed by atoms with E-state index in [0.717, 1.165) is 17.9 Å². The first kappa shape index (κ1) is 33.1. The Balaban J connectivity index is 1.80. The minimum absolute atomic E-state index is 0.102. The lowest BCUT2D eigenvalue weighted by Crippen LogP contribution is -2.45. The molecule has 3 heterocycles. The third-order valence-corrected chi connectivity index (χ3v) is 9.36. The van der Waals surface area contributed by atoms with Crippen LogP contribution in [0.1, 0.15) is 56.4 Å². The average Bonchev–Trinajstić information content (AvgIpc) is 3.56. The summed E-state index contributed by atoms with van der Waals surface area (Å²) in [4.78, 5) is 17.5. The summed E-state index contributed by atoms with van der Waals surface area (Å²) in [6.45, 7) is 3.16. The predicted molar refractivity (Wildman–Crippen MR) is 142 cm³/mol. The molecule has 1 saturated heterocycles. The molecule has 1 aromatic carbocycles. The van der Waals surface area contributed by atoms with Gasteiger partial charge in [0.25, 0.3) is 17.7 Å². The zero-order chi connectivity index (χ0) is 32.1. The second-order valence-electron chi connectivity index (χ2n) is 10.2. The molecule has 1 aliphatic heterocycles. The van der Waals surface area contributed by atoms with Crippen LogP contribution in [-0.4, -0.2) is 70.7 Å². The van der Waals surface area contributed by atoms with Gasteiger partial charge >= 0.3 is 6.18 Å². The number of piperidine rings is 1. The number of likely N-dealkylation sites (tertiary alicyclic amines) is 1. The van der Waals surface area contributed by atoms with Gasteiger partial charge in [0.05, 0.1) is 9.90 Å². The third-order valence-electron chi connectivity index (χ3n) is 6.43. The molecule has 1 aliphatic rings. The van der Waals surface area contributed by atoms with Crippen LogP contribution in [0.25, 0.3) is 21.3 Å². The van der Waals surface area contributed by atoms with Crippen LogP contribution in [0.3, 0.4) is 0 Å². The van der Waals surface area contributed by atoms with E-state index < -0.39 is 74.7 Å². The molecule has 1 fully saturated rings. The fourth-order valence-electron chi connectivity index (χ4n) is 4.03. The van der Waals surface area contributed by atoms with Gasteiger partial charge in [0.15, 0.2) is 10.8 Å². The van der Waals surface area contributed by atoms with E-state index in [1.54, 1.807) is 0 Å². The zero-order valence-electron chi connectivity index (χ0n) is 22.6. The van der Waals surface area contributed by atoms with Gasteiger partial charge in [0.2, 0.25) is 15.9 Å². The fourth-order valence-corrected chi connectivity index (χ4v) is 6.80. The highest BCUT2D eigenvalue weighted by Crippen LogP contribution is 2.42. The lowest BCUT2D eigenvalue weighted by Gasteiger charge is -2.31. The van der Waals surface area contributed by atoms with Crippen molar-refractivity contribution in [2.45, 2.75) is 68.7 Å². The number of benzene rings is 1. The molecule has 2 aromatic heterocycles. The Bertz CT molecular complexity index is 1630. The van der Waals surface area contributed by atoms with E-state index in [1.165, 1.54) is 18.6 Å². The van der Waals surface area contributed by atoms with Crippen LogP contribution in [0.5, 0.6) is 0 Å². The Kier molecular flexibility index (Phi) is 8.94. The van der Waals surface area contributed by atoms with Crippen molar-refractivity contribution in [2.75, 3.05) is 13.1 Å². The summed E-state index contributed by atoms with van der Waals surface area (Å²) in [5.74, 6) is -5.88. The molecule has 3 aromatic rings. The molecular formula is C24H24ClF6N5O5S2. The van der Waals surface area contributed by atoms with Gasteiger partial charge in [-0.3, -0.25) is 4.79 Å². The number of halogens is 7. The first-order valence-corrected chi connectivity index (χ1v) is 15.2. The van der Waals surface area contributed by atoms with Crippen molar-refractivity contribution in [3.63, 3.8) is 0 Å². The van der Waals surface area contributed by atoms with E-state index >= 15 is 4.39 Å². The number of alkyl halides is 5.